The van der Waals surface area contributed by atoms with Gasteiger partial charge in [-0.2, -0.15) is 0 Å². The predicted molar refractivity (Wildman–Crippen MR) is 73.1 cm³/mol. The number of phenols is 1. The zero-order valence-electron chi connectivity index (χ0n) is 7.98. The van der Waals surface area contributed by atoms with Crippen molar-refractivity contribution in [2.45, 2.75) is 12.5 Å². The van der Waals surface area contributed by atoms with Gasteiger partial charge in [0, 0.05) is 0 Å². The third-order valence-corrected chi connectivity index (χ3v) is 3.06. The zero-order valence-corrected chi connectivity index (χ0v) is 12.9. The van der Waals surface area contributed by atoms with Crippen molar-refractivity contribution in [3.05, 3.63) is 26.6 Å². The van der Waals surface area contributed by atoms with Gasteiger partial charge in [-0.3, -0.25) is 4.79 Å². The number of halogens is 3. The van der Waals surface area contributed by atoms with Crippen LogP contribution in [0.4, 0.5) is 0 Å². The van der Waals surface area contributed by atoms with Crippen LogP contribution >= 0.6 is 48.8 Å². The Labute approximate surface area is 120 Å². The highest BCUT2D eigenvalue weighted by molar-refractivity contribution is 9.11. The van der Waals surface area contributed by atoms with E-state index in [0.717, 1.165) is 5.56 Å². The summed E-state index contributed by atoms with van der Waals surface area (Å²) in [6.45, 7) is 0. The summed E-state index contributed by atoms with van der Waals surface area (Å²) >= 11 is 6.31. The fourth-order valence-electron chi connectivity index (χ4n) is 1.08. The van der Waals surface area contributed by atoms with Crippen LogP contribution in [0.1, 0.15) is 5.56 Å². The number of carboxylic acid groups (broad SMARTS) is 1. The van der Waals surface area contributed by atoms with Crippen molar-refractivity contribution >= 4 is 54.8 Å². The molecule has 0 aliphatic heterocycles. The molecule has 0 amide bonds. The molecule has 0 aliphatic rings. The minimum atomic E-state index is -1.05. The van der Waals surface area contributed by atoms with Crippen molar-refractivity contribution in [3.63, 3.8) is 0 Å². The van der Waals surface area contributed by atoms with Crippen LogP contribution < -0.4 is 5.73 Å². The molecule has 0 bridgehead atoms. The van der Waals surface area contributed by atoms with Crippen molar-refractivity contribution < 1.29 is 15.0 Å². The average Bonchev–Trinajstić information content (AvgIpc) is 2.13. The molecule has 0 fully saturated rings. The molecule has 0 saturated heterocycles. The van der Waals surface area contributed by atoms with Gasteiger partial charge in [0.2, 0.25) is 0 Å². The molecular weight excluding hydrogens is 412 g/mol. The van der Waals surface area contributed by atoms with E-state index in [2.05, 4.69) is 31.9 Å². The van der Waals surface area contributed by atoms with Gasteiger partial charge in [-0.15, -0.1) is 17.0 Å². The summed E-state index contributed by atoms with van der Waals surface area (Å²) in [5.41, 5.74) is 6.13. The van der Waals surface area contributed by atoms with Gasteiger partial charge in [-0.1, -0.05) is 0 Å². The number of hydrogen-bond acceptors (Lipinski definition) is 3. The molecule has 1 rings (SSSR count). The largest absolute Gasteiger partial charge is 0.506 e. The molecule has 1 atom stereocenters. The Balaban J connectivity index is 0.00000225. The number of hydrogen-bond donors (Lipinski definition) is 3. The second kappa shape index (κ2) is 6.58. The summed E-state index contributed by atoms with van der Waals surface area (Å²) < 4.78 is 1.01. The molecule has 4 N–H and O–H groups in total. The Morgan fingerprint density at radius 1 is 1.38 bits per heavy atom. The van der Waals surface area contributed by atoms with Crippen molar-refractivity contribution in [2.75, 3.05) is 0 Å². The van der Waals surface area contributed by atoms with Gasteiger partial charge in [-0.25, -0.2) is 0 Å². The van der Waals surface area contributed by atoms with Crippen LogP contribution in [0.3, 0.4) is 0 Å². The normalized spacial score (nSPS) is 11.7. The van der Waals surface area contributed by atoms with E-state index in [0.29, 0.717) is 8.95 Å². The third kappa shape index (κ3) is 4.04. The van der Waals surface area contributed by atoms with E-state index in [9.17, 15) is 9.90 Å². The second-order valence-electron chi connectivity index (χ2n) is 3.06. The minimum Gasteiger partial charge on any atom is -0.506 e. The number of phenolic OH excluding ortho intramolecular Hbond substituents is 1. The van der Waals surface area contributed by atoms with Crippen molar-refractivity contribution in [1.82, 2.24) is 0 Å². The quantitative estimate of drug-likeness (QED) is 0.700. The fourth-order valence-corrected chi connectivity index (χ4v) is 2.36. The first-order valence-electron chi connectivity index (χ1n) is 4.07. The Morgan fingerprint density at radius 2 is 1.81 bits per heavy atom. The lowest BCUT2D eigenvalue weighted by Crippen LogP contribution is -2.32. The highest BCUT2D eigenvalue weighted by Gasteiger charge is 2.14. The third-order valence-electron chi connectivity index (χ3n) is 1.85. The van der Waals surface area contributed by atoms with E-state index in [1.54, 1.807) is 12.1 Å². The van der Waals surface area contributed by atoms with Crippen molar-refractivity contribution in [2.24, 2.45) is 5.73 Å². The van der Waals surface area contributed by atoms with Crippen LogP contribution in [0.15, 0.2) is 21.1 Å². The number of rotatable bonds is 3. The molecule has 0 saturated carbocycles. The van der Waals surface area contributed by atoms with E-state index in [4.69, 9.17) is 10.8 Å². The highest BCUT2D eigenvalue weighted by atomic mass is 79.9. The molecule has 16 heavy (non-hydrogen) atoms. The average molecular weight is 422 g/mol. The fraction of sp³-hybridized carbons (Fsp3) is 0.222. The summed E-state index contributed by atoms with van der Waals surface area (Å²) in [4.78, 5) is 10.5. The maximum atomic E-state index is 10.5. The first kappa shape index (κ1) is 15.9. The SMILES string of the molecule is Br.N[C@H](Cc1cc(Br)c(O)c(Br)c1)[14C](=O)O. The lowest BCUT2D eigenvalue weighted by Gasteiger charge is -2.08. The molecule has 4 nitrogen and oxygen atoms in total. The second-order valence-corrected chi connectivity index (χ2v) is 4.77. The predicted octanol–water partition coefficient (Wildman–Crippen LogP) is 2.45. The van der Waals surface area contributed by atoms with Gasteiger partial charge >= 0.3 is 5.97 Å². The molecular formula is C9H10Br3NO3. The summed E-state index contributed by atoms with van der Waals surface area (Å²) in [7, 11) is 0. The van der Waals surface area contributed by atoms with Crippen LogP contribution in [0, 0.1) is 0 Å². The van der Waals surface area contributed by atoms with E-state index in [-0.39, 0.29) is 29.2 Å². The van der Waals surface area contributed by atoms with Gasteiger partial charge in [0.15, 0.2) is 0 Å². The number of benzene rings is 1. The molecule has 0 radical (unpaired) electrons. The lowest BCUT2D eigenvalue weighted by atomic mass is 10.1. The van der Waals surface area contributed by atoms with E-state index < -0.39 is 12.0 Å². The van der Waals surface area contributed by atoms with Crippen LogP contribution in [-0.2, 0) is 11.2 Å². The van der Waals surface area contributed by atoms with Gasteiger partial charge in [0.25, 0.3) is 0 Å². The summed E-state index contributed by atoms with van der Waals surface area (Å²) in [6, 6.07) is 2.35. The Kier molecular flexibility index (Phi) is 6.54. The number of carbonyl (C=O) groups is 1. The van der Waals surface area contributed by atoms with E-state index >= 15 is 0 Å². The summed E-state index contributed by atoms with van der Waals surface area (Å²) in [5, 5.41) is 18.1. The Hall–Kier alpha value is -0.110. The molecule has 0 aromatic heterocycles. The van der Waals surface area contributed by atoms with Crippen molar-refractivity contribution in [3.8, 4) is 5.75 Å². The first-order chi connectivity index (χ1) is 6.91. The van der Waals surface area contributed by atoms with Gasteiger partial charge < -0.3 is 15.9 Å². The van der Waals surface area contributed by atoms with Crippen LogP contribution in [0.2, 0.25) is 0 Å². The zero-order chi connectivity index (χ0) is 11.6. The molecule has 90 valence electrons. The topological polar surface area (TPSA) is 83.5 Å². The summed E-state index contributed by atoms with van der Waals surface area (Å²) in [6.07, 6.45) is 0.215. The van der Waals surface area contributed by atoms with E-state index in [1.165, 1.54) is 0 Å². The molecule has 1 aromatic rings. The minimum absolute atomic E-state index is 0. The van der Waals surface area contributed by atoms with Crippen molar-refractivity contribution in [1.29, 1.82) is 0 Å². The molecule has 0 spiro atoms. The standard InChI is InChI=1S/C9H9Br2NO3.BrH/c10-5-1-4(2-6(11)8(5)13)3-7(12)9(14)15;/h1-2,7,13H,3,12H2,(H,14,15);1H/t7-;/m1./s1/i9+2;. The lowest BCUT2D eigenvalue weighted by molar-refractivity contribution is -0.138. The first-order valence-corrected chi connectivity index (χ1v) is 5.65. The molecule has 1 aromatic carbocycles. The number of aromatic hydroxyl groups is 1. The maximum Gasteiger partial charge on any atom is 0.320 e. The number of aliphatic carboxylic acids is 1. The molecule has 7 heteroatoms. The number of carboxylic acids is 1. The highest BCUT2D eigenvalue weighted by Crippen LogP contribution is 2.33. The number of nitrogens with two attached hydrogens (primary N) is 1. The molecule has 0 aliphatic carbocycles. The van der Waals surface area contributed by atoms with Crippen LogP contribution in [0.5, 0.6) is 5.75 Å². The monoisotopic (exact) mass is 419 g/mol. The maximum absolute atomic E-state index is 10.5. The molecule has 0 unspecified atom stereocenters. The van der Waals surface area contributed by atoms with Gasteiger partial charge in [-0.05, 0) is 56.0 Å². The van der Waals surface area contributed by atoms with E-state index in [1.807, 2.05) is 0 Å². The Morgan fingerprint density at radius 3 is 2.19 bits per heavy atom. The van der Waals surface area contributed by atoms with Gasteiger partial charge in [0.05, 0.1) is 8.95 Å². The Bertz CT molecular complexity index is 375. The van der Waals surface area contributed by atoms with Crippen LogP contribution in [-0.4, -0.2) is 22.2 Å². The van der Waals surface area contributed by atoms with Gasteiger partial charge in [0.1, 0.15) is 11.8 Å². The smallest absolute Gasteiger partial charge is 0.320 e. The molecule has 0 heterocycles. The van der Waals surface area contributed by atoms with Crippen LogP contribution in [0.25, 0.3) is 0 Å². The summed E-state index contributed by atoms with van der Waals surface area (Å²) in [5.74, 6) is -0.960.